The minimum Gasteiger partial charge on any atom is -0.497 e. The van der Waals surface area contributed by atoms with E-state index in [2.05, 4.69) is 24.0 Å². The van der Waals surface area contributed by atoms with Crippen LogP contribution in [0, 0.1) is 5.92 Å². The highest BCUT2D eigenvalue weighted by Crippen LogP contribution is 2.16. The fraction of sp³-hybridized carbons (Fsp3) is 0.333. The molecule has 0 aliphatic heterocycles. The van der Waals surface area contributed by atoms with E-state index in [9.17, 15) is 0 Å². The van der Waals surface area contributed by atoms with E-state index in [0.717, 1.165) is 34.7 Å². The molecule has 0 aliphatic rings. The van der Waals surface area contributed by atoms with Crippen molar-refractivity contribution in [1.82, 2.24) is 4.98 Å². The molecule has 0 unspecified atom stereocenters. The van der Waals surface area contributed by atoms with Crippen LogP contribution in [0.1, 0.15) is 30.7 Å². The topological polar surface area (TPSA) is 43.7 Å². The van der Waals surface area contributed by atoms with E-state index in [1.165, 1.54) is 0 Å². The summed E-state index contributed by atoms with van der Waals surface area (Å²) in [5.74, 6) is 1.40. The standard InChI is InChI=1S/C18H22N2O2/c1-13(2)11-16-8-5-15(12-19-16)18(20-22-4)14-6-9-17(21-3)10-7-14/h5-10,12-13H,11H2,1-4H3. The molecule has 4 heteroatoms. The van der Waals surface area contributed by atoms with Gasteiger partial charge in [0.1, 0.15) is 18.6 Å². The van der Waals surface area contributed by atoms with Crippen molar-refractivity contribution in [2.75, 3.05) is 14.2 Å². The van der Waals surface area contributed by atoms with Crippen molar-refractivity contribution < 1.29 is 9.57 Å². The van der Waals surface area contributed by atoms with Crippen molar-refractivity contribution in [3.05, 3.63) is 59.4 Å². The molecule has 1 aromatic carbocycles. The van der Waals surface area contributed by atoms with E-state index < -0.39 is 0 Å². The molecule has 1 heterocycles. The number of nitrogens with zero attached hydrogens (tertiary/aromatic N) is 2. The number of methoxy groups -OCH3 is 1. The molecule has 0 bridgehead atoms. The summed E-state index contributed by atoms with van der Waals surface area (Å²) in [4.78, 5) is 9.51. The van der Waals surface area contributed by atoms with Crippen LogP contribution in [0.4, 0.5) is 0 Å². The first-order valence-corrected chi connectivity index (χ1v) is 7.35. The Morgan fingerprint density at radius 3 is 2.23 bits per heavy atom. The van der Waals surface area contributed by atoms with Crippen LogP contribution in [0.15, 0.2) is 47.8 Å². The highest BCUT2D eigenvalue weighted by atomic mass is 16.6. The lowest BCUT2D eigenvalue weighted by Gasteiger charge is -2.09. The van der Waals surface area contributed by atoms with Crippen LogP contribution in [0.2, 0.25) is 0 Å². The maximum absolute atomic E-state index is 5.18. The molecule has 0 radical (unpaired) electrons. The average molecular weight is 298 g/mol. The van der Waals surface area contributed by atoms with Gasteiger partial charge in [0.2, 0.25) is 0 Å². The van der Waals surface area contributed by atoms with Gasteiger partial charge < -0.3 is 9.57 Å². The van der Waals surface area contributed by atoms with Gasteiger partial charge in [-0.25, -0.2) is 0 Å². The van der Waals surface area contributed by atoms with E-state index in [-0.39, 0.29) is 0 Å². The quantitative estimate of drug-likeness (QED) is 0.603. The van der Waals surface area contributed by atoms with Gasteiger partial charge in [-0.15, -0.1) is 0 Å². The highest BCUT2D eigenvalue weighted by molar-refractivity contribution is 6.12. The van der Waals surface area contributed by atoms with Crippen LogP contribution in [0.3, 0.4) is 0 Å². The van der Waals surface area contributed by atoms with Crippen LogP contribution in [-0.2, 0) is 11.3 Å². The van der Waals surface area contributed by atoms with E-state index in [1.807, 2.05) is 42.6 Å². The number of benzene rings is 1. The Balaban J connectivity index is 2.29. The molecule has 1 aromatic heterocycles. The molecule has 0 atom stereocenters. The summed E-state index contributed by atoms with van der Waals surface area (Å²) in [5.41, 5.74) is 3.74. The normalized spacial score (nSPS) is 11.6. The number of hydrogen-bond donors (Lipinski definition) is 0. The lowest BCUT2D eigenvalue weighted by Crippen LogP contribution is -2.06. The maximum atomic E-state index is 5.18. The monoisotopic (exact) mass is 298 g/mol. The van der Waals surface area contributed by atoms with Gasteiger partial charge in [0.15, 0.2) is 0 Å². The zero-order chi connectivity index (χ0) is 15.9. The summed E-state index contributed by atoms with van der Waals surface area (Å²) in [6.45, 7) is 4.37. The second-order valence-electron chi connectivity index (χ2n) is 5.49. The largest absolute Gasteiger partial charge is 0.497 e. The summed E-state index contributed by atoms with van der Waals surface area (Å²) >= 11 is 0. The van der Waals surface area contributed by atoms with Crippen molar-refractivity contribution in [2.45, 2.75) is 20.3 Å². The molecule has 0 saturated heterocycles. The van der Waals surface area contributed by atoms with Crippen molar-refractivity contribution in [1.29, 1.82) is 0 Å². The van der Waals surface area contributed by atoms with Gasteiger partial charge in [-0.2, -0.15) is 0 Å². The molecule has 0 spiro atoms. The Bertz CT molecular complexity index is 617. The smallest absolute Gasteiger partial charge is 0.118 e. The highest BCUT2D eigenvalue weighted by Gasteiger charge is 2.09. The number of aromatic nitrogens is 1. The van der Waals surface area contributed by atoms with Crippen LogP contribution in [0.25, 0.3) is 0 Å². The fourth-order valence-electron chi connectivity index (χ4n) is 2.22. The van der Waals surface area contributed by atoms with E-state index in [0.29, 0.717) is 5.92 Å². The lowest BCUT2D eigenvalue weighted by molar-refractivity contribution is 0.214. The van der Waals surface area contributed by atoms with Gasteiger partial charge in [-0.05, 0) is 48.7 Å². The van der Waals surface area contributed by atoms with Crippen molar-refractivity contribution in [2.24, 2.45) is 11.1 Å². The van der Waals surface area contributed by atoms with E-state index in [4.69, 9.17) is 9.57 Å². The van der Waals surface area contributed by atoms with E-state index in [1.54, 1.807) is 14.2 Å². The summed E-state index contributed by atoms with van der Waals surface area (Å²) in [7, 11) is 3.20. The molecular formula is C18H22N2O2. The average Bonchev–Trinajstić information content (AvgIpc) is 2.53. The number of oxime groups is 1. The van der Waals surface area contributed by atoms with Gasteiger partial charge in [0.25, 0.3) is 0 Å². The second kappa shape index (κ2) is 7.59. The molecule has 4 nitrogen and oxygen atoms in total. The maximum Gasteiger partial charge on any atom is 0.118 e. The molecule has 22 heavy (non-hydrogen) atoms. The van der Waals surface area contributed by atoms with Gasteiger partial charge in [-0.3, -0.25) is 4.98 Å². The predicted molar refractivity (Wildman–Crippen MR) is 88.4 cm³/mol. The number of rotatable bonds is 6. The predicted octanol–water partition coefficient (Wildman–Crippen LogP) is 3.69. The summed E-state index contributed by atoms with van der Waals surface area (Å²) in [6, 6.07) is 11.8. The van der Waals surface area contributed by atoms with Gasteiger partial charge in [0.05, 0.1) is 7.11 Å². The van der Waals surface area contributed by atoms with Crippen LogP contribution in [-0.4, -0.2) is 24.9 Å². The molecule has 0 saturated carbocycles. The number of hydrogen-bond acceptors (Lipinski definition) is 4. The lowest BCUT2D eigenvalue weighted by atomic mass is 10.0. The molecule has 2 rings (SSSR count). The summed E-state index contributed by atoms with van der Waals surface area (Å²) < 4.78 is 5.18. The van der Waals surface area contributed by atoms with Gasteiger partial charge in [0, 0.05) is 23.0 Å². The minimum absolute atomic E-state index is 0.590. The minimum atomic E-state index is 0.590. The third-order valence-electron chi connectivity index (χ3n) is 3.26. The van der Waals surface area contributed by atoms with Crippen molar-refractivity contribution >= 4 is 5.71 Å². The molecule has 0 amide bonds. The van der Waals surface area contributed by atoms with E-state index >= 15 is 0 Å². The molecule has 116 valence electrons. The fourth-order valence-corrected chi connectivity index (χ4v) is 2.22. The van der Waals surface area contributed by atoms with Crippen LogP contribution < -0.4 is 4.74 Å². The van der Waals surface area contributed by atoms with Gasteiger partial charge >= 0.3 is 0 Å². The molecular weight excluding hydrogens is 276 g/mol. The van der Waals surface area contributed by atoms with Crippen molar-refractivity contribution in [3.63, 3.8) is 0 Å². The molecule has 0 aliphatic carbocycles. The first-order valence-electron chi connectivity index (χ1n) is 7.35. The first kappa shape index (κ1) is 16.0. The first-order chi connectivity index (χ1) is 10.6. The zero-order valence-electron chi connectivity index (χ0n) is 13.5. The zero-order valence-corrected chi connectivity index (χ0v) is 13.5. The number of ether oxygens (including phenoxy) is 1. The number of pyridine rings is 1. The SMILES string of the molecule is CON=C(c1ccc(OC)cc1)c1ccc(CC(C)C)nc1. The Morgan fingerprint density at radius 2 is 1.73 bits per heavy atom. The van der Waals surface area contributed by atoms with Crippen LogP contribution in [0.5, 0.6) is 5.75 Å². The third kappa shape index (κ3) is 4.07. The summed E-state index contributed by atoms with van der Waals surface area (Å²) in [5, 5.41) is 4.15. The Kier molecular flexibility index (Phi) is 5.53. The van der Waals surface area contributed by atoms with Gasteiger partial charge in [-0.1, -0.05) is 19.0 Å². The Labute approximate surface area is 131 Å². The Morgan fingerprint density at radius 1 is 1.05 bits per heavy atom. The molecule has 0 N–H and O–H groups in total. The Hall–Kier alpha value is -2.36. The summed E-state index contributed by atoms with van der Waals surface area (Å²) in [6.07, 6.45) is 2.82. The molecule has 2 aromatic rings. The third-order valence-corrected chi connectivity index (χ3v) is 3.26. The second-order valence-corrected chi connectivity index (χ2v) is 5.49. The van der Waals surface area contributed by atoms with Crippen molar-refractivity contribution in [3.8, 4) is 5.75 Å². The van der Waals surface area contributed by atoms with Crippen LogP contribution >= 0.6 is 0 Å². The molecule has 0 fully saturated rings.